The van der Waals surface area contributed by atoms with Crippen LogP contribution in [0.15, 0.2) is 42.5 Å². The molecule has 0 saturated carbocycles. The Morgan fingerprint density at radius 2 is 1.85 bits per heavy atom. The molecule has 1 unspecified atom stereocenters. The third-order valence-corrected chi connectivity index (χ3v) is 5.90. The second-order valence-electron chi connectivity index (χ2n) is 8.02. The highest BCUT2D eigenvalue weighted by Gasteiger charge is 2.39. The fourth-order valence-corrected chi connectivity index (χ4v) is 4.15. The largest absolute Gasteiger partial charge is 0.381 e. The van der Waals surface area contributed by atoms with Crippen LogP contribution < -0.4 is 10.6 Å². The zero-order valence-electron chi connectivity index (χ0n) is 23.9. The summed E-state index contributed by atoms with van der Waals surface area (Å²) in [6.07, 6.45) is -6.37. The summed E-state index contributed by atoms with van der Waals surface area (Å²) in [5, 5.41) is 4.97. The molecule has 2 aromatic rings. The predicted octanol–water partition coefficient (Wildman–Crippen LogP) is 1.89. The molecule has 172 valence electrons. The Morgan fingerprint density at radius 1 is 1.06 bits per heavy atom. The van der Waals surface area contributed by atoms with Gasteiger partial charge in [0.1, 0.15) is 6.04 Å². The molecule has 8 nitrogen and oxygen atoms in total. The average Bonchev–Trinajstić information content (AvgIpc) is 3.09. The number of hydrogen-bond donors (Lipinski definition) is 2. The first-order valence-corrected chi connectivity index (χ1v) is 10.8. The van der Waals surface area contributed by atoms with E-state index >= 15 is 0 Å². The van der Waals surface area contributed by atoms with Crippen molar-refractivity contribution in [1.82, 2.24) is 15.1 Å². The molecular weight excluding hydrogens is 420 g/mol. The van der Waals surface area contributed by atoms with E-state index in [1.54, 1.807) is 17.4 Å². The normalized spacial score (nSPS) is 28.4. The molecular formula is C25H28N4O4. The summed E-state index contributed by atoms with van der Waals surface area (Å²) in [7, 11) is 0. The lowest BCUT2D eigenvalue weighted by molar-refractivity contribution is -0.136. The van der Waals surface area contributed by atoms with Gasteiger partial charge in [0.05, 0.1) is 16.0 Å². The van der Waals surface area contributed by atoms with Crippen LogP contribution in [-0.2, 0) is 33.9 Å². The second-order valence-corrected chi connectivity index (χ2v) is 8.02. The summed E-state index contributed by atoms with van der Waals surface area (Å²) < 4.78 is 55.5. The zero-order valence-corrected chi connectivity index (χ0v) is 17.9. The predicted molar refractivity (Wildman–Crippen MR) is 122 cm³/mol. The van der Waals surface area contributed by atoms with Gasteiger partial charge >= 0.3 is 0 Å². The number of carbonyl (C=O) groups excluding carboxylic acids is 3. The van der Waals surface area contributed by atoms with Crippen molar-refractivity contribution in [3.05, 3.63) is 64.7 Å². The molecule has 0 aliphatic carbocycles. The summed E-state index contributed by atoms with van der Waals surface area (Å²) in [4.78, 5) is 40.9. The molecule has 1 atom stereocenters. The lowest BCUT2D eigenvalue weighted by atomic mass is 10.0. The van der Waals surface area contributed by atoms with Crippen molar-refractivity contribution in [3.63, 3.8) is 0 Å². The number of rotatable bonds is 6. The van der Waals surface area contributed by atoms with Gasteiger partial charge in [-0.25, -0.2) is 0 Å². The van der Waals surface area contributed by atoms with Crippen molar-refractivity contribution >= 4 is 23.4 Å². The fourth-order valence-electron chi connectivity index (χ4n) is 4.15. The van der Waals surface area contributed by atoms with E-state index < -0.39 is 43.0 Å². The van der Waals surface area contributed by atoms with Crippen molar-refractivity contribution < 1.29 is 27.3 Å². The molecule has 3 heterocycles. The maximum absolute atomic E-state index is 13.4. The van der Waals surface area contributed by atoms with Gasteiger partial charge in [-0.1, -0.05) is 30.3 Å². The Balaban J connectivity index is 1.44. The molecule has 0 radical (unpaired) electrons. The Kier molecular flexibility index (Phi) is 4.40. The number of fused-ring (bicyclic) bond motifs is 1. The van der Waals surface area contributed by atoms with E-state index in [1.165, 1.54) is 6.07 Å². The number of nitrogens with zero attached hydrogens (tertiary/aromatic N) is 2. The van der Waals surface area contributed by atoms with Crippen LogP contribution in [0.25, 0.3) is 0 Å². The van der Waals surface area contributed by atoms with Gasteiger partial charge in [-0.3, -0.25) is 24.6 Å². The third kappa shape index (κ3) is 4.49. The van der Waals surface area contributed by atoms with Crippen LogP contribution in [0.5, 0.6) is 0 Å². The van der Waals surface area contributed by atoms with E-state index in [9.17, 15) is 14.4 Å². The number of ether oxygens (including phenoxy) is 1. The number of anilines is 1. The van der Waals surface area contributed by atoms with E-state index in [2.05, 4.69) is 10.2 Å². The summed E-state index contributed by atoms with van der Waals surface area (Å²) in [6, 6.07) is 10.1. The summed E-state index contributed by atoms with van der Waals surface area (Å²) >= 11 is 0. The summed E-state index contributed by atoms with van der Waals surface area (Å²) in [5.74, 6) is -3.73. The van der Waals surface area contributed by atoms with E-state index in [4.69, 9.17) is 13.0 Å². The van der Waals surface area contributed by atoms with Gasteiger partial charge in [-0.05, 0) is 29.6 Å². The summed E-state index contributed by atoms with van der Waals surface area (Å²) in [6.45, 7) is 1.31. The number of carbonyl (C=O) groups is 3. The topological polar surface area (TPSA) is 91.0 Å². The third-order valence-electron chi connectivity index (χ3n) is 5.90. The average molecular weight is 455 g/mol. The molecule has 2 fully saturated rings. The van der Waals surface area contributed by atoms with Crippen molar-refractivity contribution in [2.45, 2.75) is 38.4 Å². The molecule has 0 spiro atoms. The van der Waals surface area contributed by atoms with E-state index in [0.29, 0.717) is 31.2 Å². The van der Waals surface area contributed by atoms with Crippen LogP contribution in [0, 0.1) is 0 Å². The Hall–Kier alpha value is -3.23. The standard InChI is InChI=1S/C25H28N4O4/c30-23-9-8-22(24(31)27-23)29-16-20-19(25(29)32)6-3-7-21(20)26-14-17-4-1-2-5-18(17)15-28-10-12-33-13-11-28/h1-7,22,26H,8-16H2,(H,27,30,31)/i8D2,9D2,16D2. The molecule has 2 saturated heterocycles. The molecule has 2 N–H and O–H groups in total. The van der Waals surface area contributed by atoms with E-state index in [-0.39, 0.29) is 16.8 Å². The Bertz CT molecular complexity index is 1330. The van der Waals surface area contributed by atoms with Crippen molar-refractivity contribution in [2.24, 2.45) is 0 Å². The van der Waals surface area contributed by atoms with Crippen LogP contribution in [0.1, 0.15) is 48.0 Å². The number of imide groups is 1. The number of amides is 3. The maximum Gasteiger partial charge on any atom is 0.255 e. The van der Waals surface area contributed by atoms with Crippen molar-refractivity contribution in [2.75, 3.05) is 31.6 Å². The van der Waals surface area contributed by atoms with Crippen LogP contribution in [-0.4, -0.2) is 59.9 Å². The minimum atomic E-state index is -3.19. The van der Waals surface area contributed by atoms with Crippen LogP contribution in [0.3, 0.4) is 0 Å². The first kappa shape index (κ1) is 15.6. The smallest absolute Gasteiger partial charge is 0.255 e. The number of benzene rings is 2. The summed E-state index contributed by atoms with van der Waals surface area (Å²) in [5.41, 5.74) is 2.18. The molecule has 3 aliphatic heterocycles. The zero-order chi connectivity index (χ0) is 28.2. The van der Waals surface area contributed by atoms with Gasteiger partial charge in [0, 0.05) is 61.3 Å². The van der Waals surface area contributed by atoms with Gasteiger partial charge in [0.2, 0.25) is 11.8 Å². The molecule has 0 bridgehead atoms. The molecule has 8 heteroatoms. The lowest BCUT2D eigenvalue weighted by Crippen LogP contribution is -2.52. The maximum atomic E-state index is 13.4. The number of nitrogens with one attached hydrogen (secondary N) is 2. The molecule has 33 heavy (non-hydrogen) atoms. The first-order chi connectivity index (χ1) is 18.4. The highest BCUT2D eigenvalue weighted by atomic mass is 16.5. The second kappa shape index (κ2) is 9.33. The van der Waals surface area contributed by atoms with Gasteiger partial charge in [0.15, 0.2) is 0 Å². The van der Waals surface area contributed by atoms with Crippen LogP contribution >= 0.6 is 0 Å². The Morgan fingerprint density at radius 3 is 2.67 bits per heavy atom. The molecule has 3 aliphatic rings. The SMILES string of the molecule is [2H]C1([2H])c2c(NCc3ccccc3CN3CCOCC3)cccc2C(=O)N1C1C(=O)NC(=O)C([2H])([2H])C1([2H])[2H]. The van der Waals surface area contributed by atoms with Gasteiger partial charge < -0.3 is 15.0 Å². The molecule has 3 amide bonds. The molecule has 5 rings (SSSR count). The minimum Gasteiger partial charge on any atom is -0.381 e. The lowest BCUT2D eigenvalue weighted by Gasteiger charge is -2.29. The number of morpholine rings is 1. The van der Waals surface area contributed by atoms with Crippen LogP contribution in [0.4, 0.5) is 5.69 Å². The van der Waals surface area contributed by atoms with Crippen molar-refractivity contribution in [1.29, 1.82) is 0 Å². The quantitative estimate of drug-likeness (QED) is 0.648. The van der Waals surface area contributed by atoms with Crippen LogP contribution in [0.2, 0.25) is 0 Å². The van der Waals surface area contributed by atoms with E-state index in [0.717, 1.165) is 24.2 Å². The highest BCUT2D eigenvalue weighted by molar-refractivity contribution is 6.06. The first-order valence-electron chi connectivity index (χ1n) is 13.8. The van der Waals surface area contributed by atoms with Crippen molar-refractivity contribution in [3.8, 4) is 0 Å². The number of piperidine rings is 1. The monoisotopic (exact) mass is 454 g/mol. The Labute approximate surface area is 201 Å². The van der Waals surface area contributed by atoms with Gasteiger partial charge in [-0.15, -0.1) is 0 Å². The number of hydrogen-bond acceptors (Lipinski definition) is 6. The van der Waals surface area contributed by atoms with Gasteiger partial charge in [-0.2, -0.15) is 0 Å². The van der Waals surface area contributed by atoms with Gasteiger partial charge in [0.25, 0.3) is 5.91 Å². The van der Waals surface area contributed by atoms with E-state index in [1.807, 2.05) is 24.3 Å². The molecule has 2 aromatic carbocycles. The fraction of sp³-hybridized carbons (Fsp3) is 0.400. The highest BCUT2D eigenvalue weighted by Crippen LogP contribution is 2.32. The minimum absolute atomic E-state index is 0.0762. The molecule has 0 aromatic heterocycles.